The molecule has 6 heteroatoms. The molecule has 1 saturated carbocycles. The summed E-state index contributed by atoms with van der Waals surface area (Å²) < 4.78 is 30.4. The first kappa shape index (κ1) is 10.8. The number of halogens is 2. The summed E-state index contributed by atoms with van der Waals surface area (Å²) >= 11 is 0. The van der Waals surface area contributed by atoms with E-state index in [-0.39, 0.29) is 6.73 Å². The monoisotopic (exact) mass is 220 g/mol. The number of alkyl halides is 2. The molecule has 1 aliphatic carbocycles. The van der Waals surface area contributed by atoms with Crippen molar-refractivity contribution in [1.29, 1.82) is 0 Å². The molecule has 0 radical (unpaired) electrons. The molecule has 2 rings (SSSR count). The highest BCUT2D eigenvalue weighted by Crippen LogP contribution is 2.44. The zero-order chi connectivity index (χ0) is 11.1. The Balaban J connectivity index is 1.96. The number of hydrogen-bond acceptors (Lipinski definition) is 3. The molecule has 0 bridgehead atoms. The molecule has 2 N–H and O–H groups in total. The molecule has 15 heavy (non-hydrogen) atoms. The normalized spacial score (nSPS) is 28.3. The van der Waals surface area contributed by atoms with Crippen molar-refractivity contribution in [2.45, 2.75) is 30.7 Å². The molecule has 0 spiro atoms. The van der Waals surface area contributed by atoms with Crippen LogP contribution >= 0.6 is 0 Å². The molecule has 1 heterocycles. The van der Waals surface area contributed by atoms with Crippen molar-refractivity contribution in [2.24, 2.45) is 5.73 Å². The van der Waals surface area contributed by atoms with Crippen molar-refractivity contribution in [2.75, 3.05) is 19.9 Å². The van der Waals surface area contributed by atoms with Gasteiger partial charge in [-0.3, -0.25) is 4.79 Å². The molecular weight excluding hydrogens is 206 g/mol. The van der Waals surface area contributed by atoms with Crippen LogP contribution in [0.5, 0.6) is 0 Å². The van der Waals surface area contributed by atoms with E-state index >= 15 is 0 Å². The number of amides is 1. The first-order valence-electron chi connectivity index (χ1n) is 4.97. The lowest BCUT2D eigenvalue weighted by molar-refractivity contribution is -0.172. The lowest BCUT2D eigenvalue weighted by atomic mass is 9.73. The van der Waals surface area contributed by atoms with Crippen LogP contribution in [0.15, 0.2) is 0 Å². The van der Waals surface area contributed by atoms with E-state index in [1.807, 2.05) is 0 Å². The van der Waals surface area contributed by atoms with Crippen LogP contribution in [-0.4, -0.2) is 42.2 Å². The van der Waals surface area contributed by atoms with Crippen LogP contribution in [-0.2, 0) is 9.53 Å². The van der Waals surface area contributed by atoms with Crippen LogP contribution < -0.4 is 5.73 Å². The van der Waals surface area contributed by atoms with Crippen molar-refractivity contribution in [3.8, 4) is 0 Å². The number of carbonyl (C=O) groups excluding carboxylic acids is 1. The molecule has 0 aromatic rings. The Morgan fingerprint density at radius 1 is 1.40 bits per heavy atom. The third kappa shape index (κ3) is 1.96. The summed E-state index contributed by atoms with van der Waals surface area (Å²) in [5, 5.41) is 0. The van der Waals surface area contributed by atoms with Crippen molar-refractivity contribution in [3.05, 3.63) is 0 Å². The zero-order valence-electron chi connectivity index (χ0n) is 8.34. The number of hydrogen-bond donors (Lipinski definition) is 1. The predicted molar refractivity (Wildman–Crippen MR) is 48.2 cm³/mol. The third-order valence-electron chi connectivity index (χ3n) is 2.83. The molecule has 0 aromatic carbocycles. The van der Waals surface area contributed by atoms with Crippen LogP contribution in [0, 0.1) is 0 Å². The average Bonchev–Trinajstić information content (AvgIpc) is 2.15. The van der Waals surface area contributed by atoms with E-state index in [1.165, 1.54) is 4.90 Å². The van der Waals surface area contributed by atoms with E-state index in [0.29, 0.717) is 13.2 Å². The highest BCUT2D eigenvalue weighted by Gasteiger charge is 2.59. The fraction of sp³-hybridized carbons (Fsp3) is 0.889. The van der Waals surface area contributed by atoms with E-state index in [2.05, 4.69) is 0 Å². The van der Waals surface area contributed by atoms with E-state index in [4.69, 9.17) is 10.5 Å². The van der Waals surface area contributed by atoms with Crippen LogP contribution in [0.2, 0.25) is 0 Å². The van der Waals surface area contributed by atoms with Gasteiger partial charge >= 0.3 is 0 Å². The first-order valence-corrected chi connectivity index (χ1v) is 4.97. The van der Waals surface area contributed by atoms with Gasteiger partial charge in [-0.1, -0.05) is 0 Å². The molecule has 1 saturated heterocycles. The van der Waals surface area contributed by atoms with Gasteiger partial charge in [-0.05, 0) is 6.42 Å². The third-order valence-corrected chi connectivity index (χ3v) is 2.83. The maximum atomic E-state index is 12.7. The first-order chi connectivity index (χ1) is 6.93. The minimum absolute atomic E-state index is 0.170. The van der Waals surface area contributed by atoms with Crippen molar-refractivity contribution >= 4 is 5.91 Å². The summed E-state index contributed by atoms with van der Waals surface area (Å²) in [5.74, 6) is -3.19. The fourth-order valence-corrected chi connectivity index (χ4v) is 2.09. The van der Waals surface area contributed by atoms with Gasteiger partial charge in [0.2, 0.25) is 5.91 Å². The molecule has 0 unspecified atom stereocenters. The summed E-state index contributed by atoms with van der Waals surface area (Å²) in [7, 11) is 0. The second kappa shape index (κ2) is 3.38. The van der Waals surface area contributed by atoms with Crippen molar-refractivity contribution in [1.82, 2.24) is 4.90 Å². The van der Waals surface area contributed by atoms with Gasteiger partial charge < -0.3 is 15.4 Å². The number of ether oxygens (including phenoxy) is 1. The molecule has 86 valence electrons. The largest absolute Gasteiger partial charge is 0.361 e. The summed E-state index contributed by atoms with van der Waals surface area (Å²) in [6, 6.07) is 0. The maximum Gasteiger partial charge on any atom is 0.252 e. The van der Waals surface area contributed by atoms with E-state index < -0.39 is 30.2 Å². The minimum Gasteiger partial charge on any atom is -0.361 e. The molecule has 0 aromatic heterocycles. The Morgan fingerprint density at radius 2 is 2.07 bits per heavy atom. The summed E-state index contributed by atoms with van der Waals surface area (Å²) in [4.78, 5) is 13.2. The average molecular weight is 220 g/mol. The van der Waals surface area contributed by atoms with Gasteiger partial charge in [-0.2, -0.15) is 0 Å². The standard InChI is InChI=1S/C9H14F2N2O2/c10-9(11)4-8(12,5-9)7(14)13-2-1-3-15-6-13/h1-6,12H2. The summed E-state index contributed by atoms with van der Waals surface area (Å²) in [6.45, 7) is 1.32. The molecule has 2 aliphatic rings. The van der Waals surface area contributed by atoms with E-state index in [9.17, 15) is 13.6 Å². The Labute approximate surface area is 86.4 Å². The number of carbonyl (C=O) groups is 1. The van der Waals surface area contributed by atoms with E-state index in [0.717, 1.165) is 6.42 Å². The lowest BCUT2D eigenvalue weighted by Crippen LogP contribution is -2.67. The molecular formula is C9H14F2N2O2. The number of nitrogens with two attached hydrogens (primary N) is 1. The number of nitrogens with zero attached hydrogens (tertiary/aromatic N) is 1. The molecule has 1 aliphatic heterocycles. The van der Waals surface area contributed by atoms with Crippen LogP contribution in [0.4, 0.5) is 8.78 Å². The minimum atomic E-state index is -2.78. The van der Waals surface area contributed by atoms with Gasteiger partial charge in [-0.25, -0.2) is 8.78 Å². The summed E-state index contributed by atoms with van der Waals surface area (Å²) in [5.41, 5.74) is 4.26. The highest BCUT2D eigenvalue weighted by atomic mass is 19.3. The van der Waals surface area contributed by atoms with E-state index in [1.54, 1.807) is 0 Å². The zero-order valence-corrected chi connectivity index (χ0v) is 8.34. The molecule has 4 nitrogen and oxygen atoms in total. The van der Waals surface area contributed by atoms with Gasteiger partial charge in [0.15, 0.2) is 0 Å². The van der Waals surface area contributed by atoms with Crippen molar-refractivity contribution in [3.63, 3.8) is 0 Å². The Hall–Kier alpha value is -0.750. The van der Waals surface area contributed by atoms with Gasteiger partial charge in [0.1, 0.15) is 12.3 Å². The fourth-order valence-electron chi connectivity index (χ4n) is 2.09. The summed E-state index contributed by atoms with van der Waals surface area (Å²) in [6.07, 6.45) is -0.358. The Kier molecular flexibility index (Phi) is 2.42. The quantitative estimate of drug-likeness (QED) is 0.692. The van der Waals surface area contributed by atoms with Crippen LogP contribution in [0.1, 0.15) is 19.3 Å². The molecule has 0 atom stereocenters. The van der Waals surface area contributed by atoms with Gasteiger partial charge in [0, 0.05) is 19.4 Å². The van der Waals surface area contributed by atoms with Gasteiger partial charge in [0.05, 0.1) is 6.61 Å². The Morgan fingerprint density at radius 3 is 2.53 bits per heavy atom. The van der Waals surface area contributed by atoms with Crippen LogP contribution in [0.25, 0.3) is 0 Å². The second-order valence-electron chi connectivity index (χ2n) is 4.33. The SMILES string of the molecule is NC1(C(=O)N2CCCOC2)CC(F)(F)C1. The second-order valence-corrected chi connectivity index (χ2v) is 4.33. The highest BCUT2D eigenvalue weighted by molar-refractivity contribution is 5.87. The van der Waals surface area contributed by atoms with Crippen LogP contribution in [0.3, 0.4) is 0 Å². The van der Waals surface area contributed by atoms with Gasteiger partial charge in [-0.15, -0.1) is 0 Å². The maximum absolute atomic E-state index is 12.7. The topological polar surface area (TPSA) is 55.6 Å². The number of rotatable bonds is 1. The predicted octanol–water partition coefficient (Wildman–Crippen LogP) is 0.319. The smallest absolute Gasteiger partial charge is 0.252 e. The van der Waals surface area contributed by atoms with Gasteiger partial charge in [0.25, 0.3) is 5.92 Å². The lowest BCUT2D eigenvalue weighted by Gasteiger charge is -2.45. The molecule has 2 fully saturated rings. The molecule has 1 amide bonds. The van der Waals surface area contributed by atoms with Crippen molar-refractivity contribution < 1.29 is 18.3 Å². The Bertz CT molecular complexity index is 269.